The Kier molecular flexibility index (Phi) is 15.8. The zero-order valence-corrected chi connectivity index (χ0v) is 32.8. The molecule has 2 aliphatic rings. The lowest BCUT2D eigenvalue weighted by atomic mass is 9.90. The topological polar surface area (TPSA) is 228 Å². The van der Waals surface area contributed by atoms with Crippen LogP contribution >= 0.6 is 7.82 Å². The molecule has 56 heavy (non-hydrogen) atoms. The normalized spacial score (nSPS) is 24.4. The number of ether oxygens (including phenoxy) is 3. The smallest absolute Gasteiger partial charge is 0.385 e. The number of fused-ring (bicyclic) bond motifs is 2. The number of aliphatic hydroxyl groups excluding tert-OH is 1. The van der Waals surface area contributed by atoms with Gasteiger partial charge in [-0.05, 0) is 42.3 Å². The van der Waals surface area contributed by atoms with Gasteiger partial charge in [0.1, 0.15) is 48.1 Å². The van der Waals surface area contributed by atoms with Gasteiger partial charge >= 0.3 is 7.82 Å². The highest BCUT2D eigenvalue weighted by atomic mass is 31.2. The van der Waals surface area contributed by atoms with Crippen LogP contribution in [-0.2, 0) is 40.0 Å². The number of aliphatic hydroxyl groups is 2. The van der Waals surface area contributed by atoms with Gasteiger partial charge in [0, 0.05) is 6.61 Å². The Bertz CT molecular complexity index is 1870. The largest absolute Gasteiger partial charge is 0.472 e. The van der Waals surface area contributed by atoms with Gasteiger partial charge in [-0.25, -0.2) is 18.5 Å². The third-order valence-electron chi connectivity index (χ3n) is 10.4. The maximum Gasteiger partial charge on any atom is 0.472 e. The number of phosphoric ester groups is 1. The van der Waals surface area contributed by atoms with Gasteiger partial charge in [0.15, 0.2) is 11.4 Å². The molecule has 1 aliphatic carbocycles. The SMILES string of the molecule is CCCCCCCCCCCCCCCCOC[C@H](COP(=O)(O)OC1[C@H]2O[C@@](C#N)(c3ccc4c(N)ncnn34)[C@H](O)[C@@]12O)OCc1cc(F)cc(C#N)c1. The molecule has 2 aromatic heterocycles. The summed E-state index contributed by atoms with van der Waals surface area (Å²) < 4.78 is 56.5. The molecule has 1 saturated heterocycles. The van der Waals surface area contributed by atoms with Crippen molar-refractivity contribution in [2.75, 3.05) is 25.6 Å². The molecule has 7 atom stereocenters. The Morgan fingerprint density at radius 3 is 2.29 bits per heavy atom. The first-order chi connectivity index (χ1) is 27.0. The fourth-order valence-corrected chi connectivity index (χ4v) is 8.21. The van der Waals surface area contributed by atoms with Crippen LogP contribution in [0.1, 0.15) is 114 Å². The molecule has 2 fully saturated rings. The number of nitriles is 2. The van der Waals surface area contributed by atoms with Crippen LogP contribution in [0.3, 0.4) is 0 Å². The molecule has 3 heterocycles. The first-order valence-electron chi connectivity index (χ1n) is 19.6. The number of hydrogen-bond acceptors (Lipinski definition) is 13. The average molecular weight is 801 g/mol. The summed E-state index contributed by atoms with van der Waals surface area (Å²) in [5.74, 6) is -0.501. The van der Waals surface area contributed by atoms with E-state index >= 15 is 0 Å². The van der Waals surface area contributed by atoms with E-state index in [1.54, 1.807) is 0 Å². The highest BCUT2D eigenvalue weighted by Crippen LogP contribution is 2.63. The van der Waals surface area contributed by atoms with E-state index in [1.807, 2.05) is 12.1 Å². The number of nitrogen functional groups attached to an aromatic ring is 1. The number of rotatable bonds is 26. The predicted molar refractivity (Wildman–Crippen MR) is 202 cm³/mol. The third kappa shape index (κ3) is 10.7. The van der Waals surface area contributed by atoms with E-state index in [0.29, 0.717) is 17.7 Å². The van der Waals surface area contributed by atoms with Gasteiger partial charge in [-0.1, -0.05) is 90.4 Å². The van der Waals surface area contributed by atoms with Gasteiger partial charge in [0.25, 0.3) is 0 Å². The van der Waals surface area contributed by atoms with E-state index in [-0.39, 0.29) is 30.3 Å². The summed E-state index contributed by atoms with van der Waals surface area (Å²) in [7, 11) is -4.93. The molecule has 1 aliphatic heterocycles. The fourth-order valence-electron chi connectivity index (χ4n) is 7.23. The number of unbranched alkanes of at least 4 members (excludes halogenated alkanes) is 13. The summed E-state index contributed by atoms with van der Waals surface area (Å²) >= 11 is 0. The second kappa shape index (κ2) is 20.2. The molecule has 0 bridgehead atoms. The quantitative estimate of drug-likeness (QED) is 0.0529. The molecule has 15 nitrogen and oxygen atoms in total. The van der Waals surface area contributed by atoms with Crippen molar-refractivity contribution in [3.05, 3.63) is 59.3 Å². The van der Waals surface area contributed by atoms with E-state index in [1.165, 1.54) is 99.4 Å². The molecule has 0 amide bonds. The van der Waals surface area contributed by atoms with Crippen molar-refractivity contribution in [2.45, 2.75) is 139 Å². The molecule has 0 radical (unpaired) electrons. The molecular weight excluding hydrogens is 746 g/mol. The van der Waals surface area contributed by atoms with Crippen LogP contribution in [0.2, 0.25) is 0 Å². The number of aromatic nitrogens is 3. The van der Waals surface area contributed by atoms with E-state index in [4.69, 9.17) is 29.0 Å². The number of nitrogens with two attached hydrogens (primary N) is 1. The molecule has 5 N–H and O–H groups in total. The lowest BCUT2D eigenvalue weighted by Gasteiger charge is -2.29. The Morgan fingerprint density at radius 1 is 1.02 bits per heavy atom. The second-order valence-electron chi connectivity index (χ2n) is 14.7. The Hall–Kier alpha value is -3.54. The van der Waals surface area contributed by atoms with Crippen molar-refractivity contribution in [1.82, 2.24) is 14.6 Å². The molecule has 306 valence electrons. The number of halogens is 1. The molecule has 1 aromatic carbocycles. The minimum Gasteiger partial charge on any atom is -0.385 e. The van der Waals surface area contributed by atoms with E-state index < -0.39 is 55.9 Å². The molecule has 0 spiro atoms. The van der Waals surface area contributed by atoms with Crippen LogP contribution in [0.5, 0.6) is 0 Å². The van der Waals surface area contributed by atoms with Crippen LogP contribution in [0.15, 0.2) is 36.7 Å². The van der Waals surface area contributed by atoms with Crippen LogP contribution in [0, 0.1) is 28.5 Å². The van der Waals surface area contributed by atoms with Crippen molar-refractivity contribution in [3.8, 4) is 12.1 Å². The number of benzene rings is 1. The number of nitrogens with zero attached hydrogens (tertiary/aromatic N) is 5. The molecule has 5 rings (SSSR count). The van der Waals surface area contributed by atoms with Crippen LogP contribution < -0.4 is 5.73 Å². The number of hydrogen-bond donors (Lipinski definition) is 4. The summed E-state index contributed by atoms with van der Waals surface area (Å²) in [5.41, 5.74) is 2.43. The summed E-state index contributed by atoms with van der Waals surface area (Å²) in [4.78, 5) is 14.6. The zero-order chi connectivity index (χ0) is 40.2. The van der Waals surface area contributed by atoms with Gasteiger partial charge in [-0.3, -0.25) is 9.05 Å². The highest BCUT2D eigenvalue weighted by Gasteiger charge is 2.83. The van der Waals surface area contributed by atoms with Gasteiger partial charge < -0.3 is 35.1 Å². The van der Waals surface area contributed by atoms with Crippen molar-refractivity contribution < 1.29 is 47.3 Å². The van der Waals surface area contributed by atoms with Gasteiger partial charge in [0.05, 0.1) is 37.1 Å². The third-order valence-corrected chi connectivity index (χ3v) is 11.4. The molecule has 2 unspecified atom stereocenters. The predicted octanol–water partition coefficient (Wildman–Crippen LogP) is 6.13. The summed E-state index contributed by atoms with van der Waals surface area (Å²) in [6.07, 6.45) is 12.6. The molecule has 17 heteroatoms. The first kappa shape index (κ1) is 43.6. The number of anilines is 1. The maximum atomic E-state index is 14.1. The van der Waals surface area contributed by atoms with Gasteiger partial charge in [-0.15, -0.1) is 0 Å². The van der Waals surface area contributed by atoms with Crippen LogP contribution in [0.4, 0.5) is 10.2 Å². The summed E-state index contributed by atoms with van der Waals surface area (Å²) in [6, 6.07) is 10.5. The van der Waals surface area contributed by atoms with Crippen molar-refractivity contribution >= 4 is 19.2 Å². The van der Waals surface area contributed by atoms with Crippen molar-refractivity contribution in [3.63, 3.8) is 0 Å². The van der Waals surface area contributed by atoms with E-state index in [2.05, 4.69) is 17.0 Å². The molecular formula is C39H54FN6O9P. The van der Waals surface area contributed by atoms with Gasteiger partial charge in [0.2, 0.25) is 5.60 Å². The lowest BCUT2D eigenvalue weighted by molar-refractivity contribution is -0.107. The molecule has 3 aromatic rings. The monoisotopic (exact) mass is 800 g/mol. The first-order valence-corrected chi connectivity index (χ1v) is 21.1. The van der Waals surface area contributed by atoms with Crippen LogP contribution in [-0.4, -0.2) is 79.5 Å². The average Bonchev–Trinajstić information content (AvgIpc) is 3.42. The Balaban J connectivity index is 1.08. The van der Waals surface area contributed by atoms with Crippen molar-refractivity contribution in [1.29, 1.82) is 10.5 Å². The Labute approximate surface area is 327 Å². The fraction of sp³-hybridized carbons (Fsp3) is 0.641. The summed E-state index contributed by atoms with van der Waals surface area (Å²) in [6.45, 7) is 1.99. The lowest BCUT2D eigenvalue weighted by Crippen LogP contribution is -2.47. The minimum absolute atomic E-state index is 0.0271. The van der Waals surface area contributed by atoms with Crippen LogP contribution in [0.25, 0.3) is 5.52 Å². The van der Waals surface area contributed by atoms with E-state index in [0.717, 1.165) is 31.7 Å². The highest BCUT2D eigenvalue weighted by molar-refractivity contribution is 7.47. The second-order valence-corrected chi connectivity index (χ2v) is 16.1. The maximum absolute atomic E-state index is 14.1. The van der Waals surface area contributed by atoms with Gasteiger partial charge in [-0.2, -0.15) is 15.6 Å². The minimum atomic E-state index is -4.93. The summed E-state index contributed by atoms with van der Waals surface area (Å²) in [5, 5.41) is 46.0. The van der Waals surface area contributed by atoms with Crippen molar-refractivity contribution in [2.24, 2.45) is 0 Å². The Morgan fingerprint density at radius 2 is 1.68 bits per heavy atom. The zero-order valence-electron chi connectivity index (χ0n) is 31.9. The van der Waals surface area contributed by atoms with E-state index in [9.17, 15) is 34.6 Å². The standard InChI is InChI=1S/C39H54FN6O9P/c1-2-3-4-5-6-7-8-9-10-11-12-13-14-15-18-51-24-31(52-23-29-19-28(22-41)20-30(40)21-29)25-53-56(49,50)55-35-34-39(35,48)37(47)38(26-42,54-34)33-17-16-32-36(43)44-27-45-46(32)33/h16-17,19-21,27,31,34-35,37,47-48H,2-15,18,23-25H2,1H3,(H,49,50)(H2,43,44,45)/t31-,34-,35?,37+,38+,39+/m1/s1. The molecule has 1 saturated carbocycles. The number of phosphoric acid groups is 1.